The molecule has 0 bridgehead atoms. The predicted octanol–water partition coefficient (Wildman–Crippen LogP) is 0.848. The van der Waals surface area contributed by atoms with Gasteiger partial charge in [0.25, 0.3) is 6.73 Å². The topological polar surface area (TPSA) is 9.23 Å². The minimum Gasteiger partial charge on any atom is -0.326 e. The summed E-state index contributed by atoms with van der Waals surface area (Å²) in [5.41, 5.74) is 0. The van der Waals surface area contributed by atoms with Gasteiger partial charge in [-0.3, -0.25) is 4.48 Å². The third kappa shape index (κ3) is 2.99. The maximum atomic E-state index is 4.84. The highest BCUT2D eigenvalue weighted by atomic mass is 16.5. The molecule has 2 nitrogen and oxygen atoms in total. The van der Waals surface area contributed by atoms with Gasteiger partial charge in [-0.15, -0.1) is 0 Å². The molecule has 0 unspecified atom stereocenters. The number of rotatable bonds is 3. The number of quaternary nitrogens is 1. The van der Waals surface area contributed by atoms with Crippen molar-refractivity contribution < 1.29 is 9.22 Å². The first kappa shape index (κ1) is 7.92. The summed E-state index contributed by atoms with van der Waals surface area (Å²) in [6, 6.07) is 0. The van der Waals surface area contributed by atoms with Crippen molar-refractivity contribution in [2.24, 2.45) is 0 Å². The van der Waals surface area contributed by atoms with Gasteiger partial charge in [0.1, 0.15) is 0 Å². The Morgan fingerprint density at radius 3 is 2.12 bits per heavy atom. The molecule has 1 radical (unpaired) electrons. The van der Waals surface area contributed by atoms with Crippen LogP contribution in [0.5, 0.6) is 0 Å². The molecule has 2 heteroatoms. The van der Waals surface area contributed by atoms with Crippen LogP contribution in [0.15, 0.2) is 0 Å². The fraction of sp³-hybridized carbons (Fsp3) is 0.833. The van der Waals surface area contributed by atoms with E-state index in [1.54, 1.807) is 13.8 Å². The van der Waals surface area contributed by atoms with Crippen LogP contribution in [0.4, 0.5) is 0 Å². The number of hydrogen-bond donors (Lipinski definition) is 0. The number of ether oxygens (including phenoxy) is 1. The summed E-state index contributed by atoms with van der Waals surface area (Å²) in [4.78, 5) is 0. The van der Waals surface area contributed by atoms with Crippen LogP contribution in [0.3, 0.4) is 0 Å². The second-order valence-corrected chi connectivity index (χ2v) is 2.44. The Hall–Kier alpha value is -0.0800. The van der Waals surface area contributed by atoms with Gasteiger partial charge >= 0.3 is 0 Å². The van der Waals surface area contributed by atoms with E-state index in [1.807, 2.05) is 0 Å². The first-order valence-electron chi connectivity index (χ1n) is 2.82. The van der Waals surface area contributed by atoms with Crippen LogP contribution in [-0.2, 0) is 4.74 Å². The van der Waals surface area contributed by atoms with Crippen molar-refractivity contribution in [2.45, 2.75) is 6.92 Å². The van der Waals surface area contributed by atoms with Crippen LogP contribution in [-0.4, -0.2) is 32.2 Å². The van der Waals surface area contributed by atoms with Gasteiger partial charge in [0, 0.05) is 7.11 Å². The van der Waals surface area contributed by atoms with Crippen molar-refractivity contribution in [3.8, 4) is 0 Å². The van der Waals surface area contributed by atoms with E-state index in [-0.39, 0.29) is 0 Å². The Bertz CT molecular complexity index is 61.5. The van der Waals surface area contributed by atoms with E-state index in [4.69, 9.17) is 4.74 Å². The zero-order chi connectivity index (χ0) is 6.62. The van der Waals surface area contributed by atoms with E-state index in [1.165, 1.54) is 0 Å². The normalized spacial score (nSPS) is 12.0. The summed E-state index contributed by atoms with van der Waals surface area (Å²) in [6.07, 6.45) is 0. The van der Waals surface area contributed by atoms with E-state index >= 15 is 0 Å². The number of nitrogens with zero attached hydrogens (tertiary/aromatic N) is 1. The van der Waals surface area contributed by atoms with E-state index in [2.05, 4.69) is 21.0 Å². The van der Waals surface area contributed by atoms with Crippen LogP contribution in [0.25, 0.3) is 0 Å². The number of methoxy groups -OCH3 is 1. The van der Waals surface area contributed by atoms with Gasteiger partial charge in [0.2, 0.25) is 0 Å². The fourth-order valence-electron chi connectivity index (χ4n) is 0.360. The lowest BCUT2D eigenvalue weighted by atomic mass is 10.6. The molecule has 0 fully saturated rings. The maximum Gasteiger partial charge on any atom is 0.273 e. The highest BCUT2D eigenvalue weighted by molar-refractivity contribution is 4.27. The molecule has 0 aliphatic rings. The molecule has 0 N–H and O–H groups in total. The van der Waals surface area contributed by atoms with Crippen LogP contribution < -0.4 is 0 Å². The van der Waals surface area contributed by atoms with Gasteiger partial charge in [0.05, 0.1) is 20.6 Å². The molecule has 0 aliphatic heterocycles. The lowest BCUT2D eigenvalue weighted by Crippen LogP contribution is -2.36. The van der Waals surface area contributed by atoms with E-state index in [0.717, 1.165) is 11.0 Å². The lowest BCUT2D eigenvalue weighted by Gasteiger charge is -2.24. The third-order valence-electron chi connectivity index (χ3n) is 1.21. The van der Waals surface area contributed by atoms with Crippen LogP contribution >= 0.6 is 0 Å². The summed E-state index contributed by atoms with van der Waals surface area (Å²) < 4.78 is 5.66. The van der Waals surface area contributed by atoms with Crippen molar-refractivity contribution >= 4 is 0 Å². The Kier molecular flexibility index (Phi) is 3.02. The molecule has 0 heterocycles. The standard InChI is InChI=1S/C6H15NO/c1-5-7(2,3)6-8-4/h6H,5H2,1-4H3/q+1. The molecular formula is C6H15NO+. The zero-order valence-corrected chi connectivity index (χ0v) is 6.14. The first-order valence-corrected chi connectivity index (χ1v) is 2.82. The molecule has 0 spiro atoms. The smallest absolute Gasteiger partial charge is 0.273 e. The molecule has 0 rings (SSSR count). The van der Waals surface area contributed by atoms with Crippen LogP contribution in [0, 0.1) is 6.73 Å². The predicted molar refractivity (Wildman–Crippen MR) is 34.0 cm³/mol. The van der Waals surface area contributed by atoms with Crippen molar-refractivity contribution in [2.75, 3.05) is 27.7 Å². The Morgan fingerprint density at radius 2 is 2.00 bits per heavy atom. The van der Waals surface area contributed by atoms with Crippen LogP contribution in [0.1, 0.15) is 6.92 Å². The number of hydrogen-bond acceptors (Lipinski definition) is 1. The van der Waals surface area contributed by atoms with Crippen molar-refractivity contribution in [3.05, 3.63) is 6.73 Å². The highest BCUT2D eigenvalue weighted by Crippen LogP contribution is 1.98. The zero-order valence-electron chi connectivity index (χ0n) is 6.14. The van der Waals surface area contributed by atoms with Gasteiger partial charge in [-0.1, -0.05) is 0 Å². The Morgan fingerprint density at radius 1 is 1.50 bits per heavy atom. The average Bonchev–Trinajstić information content (AvgIpc) is 1.67. The molecule has 49 valence electrons. The summed E-state index contributed by atoms with van der Waals surface area (Å²) in [5.74, 6) is 0. The van der Waals surface area contributed by atoms with Gasteiger partial charge in [-0.05, 0) is 6.92 Å². The highest BCUT2D eigenvalue weighted by Gasteiger charge is 2.10. The molecular weight excluding hydrogens is 102 g/mol. The summed E-state index contributed by atoms with van der Waals surface area (Å²) in [7, 11) is 5.85. The minimum atomic E-state index is 0.816. The molecule has 0 aliphatic carbocycles. The third-order valence-corrected chi connectivity index (χ3v) is 1.21. The Balaban J connectivity index is 3.37. The van der Waals surface area contributed by atoms with E-state index < -0.39 is 0 Å². The van der Waals surface area contributed by atoms with Gasteiger partial charge < -0.3 is 4.74 Å². The minimum absolute atomic E-state index is 0.816. The summed E-state index contributed by atoms with van der Waals surface area (Å²) in [5, 5.41) is 0. The van der Waals surface area contributed by atoms with Gasteiger partial charge in [-0.25, -0.2) is 0 Å². The quantitative estimate of drug-likeness (QED) is 0.498. The fourth-order valence-corrected chi connectivity index (χ4v) is 0.360. The molecule has 0 aromatic heterocycles. The van der Waals surface area contributed by atoms with Gasteiger partial charge in [0.15, 0.2) is 0 Å². The molecule has 0 saturated carbocycles. The lowest BCUT2D eigenvalue weighted by molar-refractivity contribution is -0.874. The molecule has 0 aromatic rings. The monoisotopic (exact) mass is 117 g/mol. The van der Waals surface area contributed by atoms with Gasteiger partial charge in [-0.2, -0.15) is 0 Å². The van der Waals surface area contributed by atoms with Crippen LogP contribution in [0.2, 0.25) is 0 Å². The molecule has 8 heavy (non-hydrogen) atoms. The van der Waals surface area contributed by atoms with Crippen molar-refractivity contribution in [1.82, 2.24) is 0 Å². The second-order valence-electron chi connectivity index (χ2n) is 2.44. The van der Waals surface area contributed by atoms with Crippen molar-refractivity contribution in [1.29, 1.82) is 0 Å². The molecule has 0 saturated heterocycles. The molecule has 0 aromatic carbocycles. The second kappa shape index (κ2) is 3.05. The van der Waals surface area contributed by atoms with E-state index in [9.17, 15) is 0 Å². The summed E-state index contributed by atoms with van der Waals surface area (Å²) in [6.45, 7) is 4.99. The maximum absolute atomic E-state index is 4.84. The van der Waals surface area contributed by atoms with E-state index in [0.29, 0.717) is 0 Å². The molecule has 0 amide bonds. The average molecular weight is 117 g/mol. The van der Waals surface area contributed by atoms with Crippen molar-refractivity contribution in [3.63, 3.8) is 0 Å². The summed E-state index contributed by atoms with van der Waals surface area (Å²) >= 11 is 0. The molecule has 0 atom stereocenters. The Labute approximate surface area is 51.6 Å². The first-order chi connectivity index (χ1) is 3.62. The largest absolute Gasteiger partial charge is 0.326 e. The SMILES string of the molecule is CC[N+](C)(C)[CH]OC.